The van der Waals surface area contributed by atoms with Gasteiger partial charge in [0, 0.05) is 37.9 Å². The number of anilines is 1. The highest BCUT2D eigenvalue weighted by Crippen LogP contribution is 2.33. The van der Waals surface area contributed by atoms with E-state index in [-0.39, 0.29) is 29.5 Å². The number of H-pyrrole nitrogens is 1. The zero-order valence-electron chi connectivity index (χ0n) is 15.5. The molecule has 2 aromatic heterocycles. The lowest BCUT2D eigenvalue weighted by Crippen LogP contribution is -2.50. The van der Waals surface area contributed by atoms with Gasteiger partial charge in [0.2, 0.25) is 0 Å². The predicted octanol–water partition coefficient (Wildman–Crippen LogP) is 3.56. The summed E-state index contributed by atoms with van der Waals surface area (Å²) in [4.78, 5) is 35.0. The summed E-state index contributed by atoms with van der Waals surface area (Å²) in [6.07, 6.45) is -3.78. The molecule has 1 amide bonds. The van der Waals surface area contributed by atoms with Crippen molar-refractivity contribution in [3.8, 4) is 0 Å². The molecule has 0 radical (unpaired) electrons. The number of hydrogen-bond acceptors (Lipinski definition) is 4. The summed E-state index contributed by atoms with van der Waals surface area (Å²) in [6, 6.07) is 9.57. The molecule has 3 heterocycles. The maximum Gasteiger partial charge on any atom is 0.417 e. The fraction of sp³-hybridized carbons (Fsp3) is 0.250. The number of para-hydroxylation sites is 1. The Bertz CT molecular complexity index is 1170. The highest BCUT2D eigenvalue weighted by molar-refractivity contribution is 6.33. The number of aromatic nitrogens is 2. The zero-order chi connectivity index (χ0) is 21.5. The minimum atomic E-state index is -4.52. The second-order valence-electron chi connectivity index (χ2n) is 6.91. The van der Waals surface area contributed by atoms with Crippen LogP contribution in [0.4, 0.5) is 19.0 Å². The van der Waals surface area contributed by atoms with Crippen molar-refractivity contribution in [2.45, 2.75) is 6.18 Å². The van der Waals surface area contributed by atoms with Crippen LogP contribution in [0.15, 0.2) is 47.4 Å². The number of halogens is 4. The average Bonchev–Trinajstić information content (AvgIpc) is 2.72. The summed E-state index contributed by atoms with van der Waals surface area (Å²) >= 11 is 6.01. The average molecular weight is 437 g/mol. The standard InChI is InChI=1S/C20H16ClF3N4O2/c21-15-10-13(20(22,23)24)11-25-17(15)27-5-7-28(8-6-27)19(30)14-9-12-3-1-2-4-16(12)26-18(14)29/h1-4,9-11H,5-8H2,(H,26,29). The molecule has 0 spiro atoms. The molecule has 1 saturated heterocycles. The summed E-state index contributed by atoms with van der Waals surface area (Å²) in [6.45, 7) is 1.22. The molecule has 1 fully saturated rings. The normalized spacial score (nSPS) is 14.9. The molecule has 3 aromatic rings. The Morgan fingerprint density at radius 3 is 2.47 bits per heavy atom. The number of pyridine rings is 2. The second-order valence-corrected chi connectivity index (χ2v) is 7.31. The molecule has 0 atom stereocenters. The Labute approximate surface area is 173 Å². The molecule has 1 aliphatic rings. The smallest absolute Gasteiger partial charge is 0.352 e. The lowest BCUT2D eigenvalue weighted by molar-refractivity contribution is -0.137. The Hall–Kier alpha value is -3.07. The SMILES string of the molecule is O=C(c1cc2ccccc2[nH]c1=O)N1CCN(c2ncc(C(F)(F)F)cc2Cl)CC1. The first-order valence-corrected chi connectivity index (χ1v) is 9.51. The quantitative estimate of drug-likeness (QED) is 0.667. The van der Waals surface area contributed by atoms with Gasteiger partial charge in [-0.15, -0.1) is 0 Å². The van der Waals surface area contributed by atoms with E-state index in [2.05, 4.69) is 9.97 Å². The minimum absolute atomic E-state index is 0.0489. The first kappa shape index (κ1) is 20.2. The van der Waals surface area contributed by atoms with Crippen LogP contribution < -0.4 is 10.5 Å². The van der Waals surface area contributed by atoms with Crippen LogP contribution >= 0.6 is 11.6 Å². The lowest BCUT2D eigenvalue weighted by atomic mass is 10.1. The van der Waals surface area contributed by atoms with Gasteiger partial charge in [-0.2, -0.15) is 13.2 Å². The van der Waals surface area contributed by atoms with Gasteiger partial charge in [0.25, 0.3) is 11.5 Å². The molecule has 1 N–H and O–H groups in total. The third kappa shape index (κ3) is 3.85. The van der Waals surface area contributed by atoms with Crippen LogP contribution in [0, 0.1) is 0 Å². The van der Waals surface area contributed by atoms with E-state index >= 15 is 0 Å². The van der Waals surface area contributed by atoms with Crippen molar-refractivity contribution in [3.63, 3.8) is 0 Å². The van der Waals surface area contributed by atoms with Gasteiger partial charge in [-0.3, -0.25) is 9.59 Å². The number of hydrogen-bond donors (Lipinski definition) is 1. The monoisotopic (exact) mass is 436 g/mol. The minimum Gasteiger partial charge on any atom is -0.352 e. The Morgan fingerprint density at radius 2 is 1.80 bits per heavy atom. The van der Waals surface area contributed by atoms with E-state index in [1.807, 2.05) is 6.07 Å². The van der Waals surface area contributed by atoms with E-state index in [0.717, 1.165) is 17.6 Å². The number of alkyl halides is 3. The number of amides is 1. The van der Waals surface area contributed by atoms with Gasteiger partial charge >= 0.3 is 6.18 Å². The summed E-state index contributed by atoms with van der Waals surface area (Å²) in [5.74, 6) is -0.159. The number of carbonyl (C=O) groups excluding carboxylic acids is 1. The molecule has 10 heteroatoms. The van der Waals surface area contributed by atoms with Crippen molar-refractivity contribution in [3.05, 3.63) is 69.1 Å². The van der Waals surface area contributed by atoms with Gasteiger partial charge < -0.3 is 14.8 Å². The number of benzene rings is 1. The fourth-order valence-electron chi connectivity index (χ4n) is 3.42. The van der Waals surface area contributed by atoms with Crippen LogP contribution in [-0.4, -0.2) is 47.0 Å². The van der Waals surface area contributed by atoms with Gasteiger partial charge in [0.15, 0.2) is 0 Å². The molecule has 6 nitrogen and oxygen atoms in total. The van der Waals surface area contributed by atoms with E-state index in [0.29, 0.717) is 18.6 Å². The van der Waals surface area contributed by atoms with Crippen LogP contribution in [0.1, 0.15) is 15.9 Å². The van der Waals surface area contributed by atoms with Gasteiger partial charge in [-0.25, -0.2) is 4.98 Å². The predicted molar refractivity (Wildman–Crippen MR) is 107 cm³/mol. The van der Waals surface area contributed by atoms with Crippen molar-refractivity contribution in [2.24, 2.45) is 0 Å². The van der Waals surface area contributed by atoms with Crippen LogP contribution in [0.25, 0.3) is 10.9 Å². The first-order chi connectivity index (χ1) is 14.2. The summed E-state index contributed by atoms with van der Waals surface area (Å²) in [5.41, 5.74) is -0.686. The molecule has 0 aliphatic carbocycles. The zero-order valence-corrected chi connectivity index (χ0v) is 16.3. The maximum atomic E-state index is 12.9. The first-order valence-electron chi connectivity index (χ1n) is 9.13. The highest BCUT2D eigenvalue weighted by atomic mass is 35.5. The van der Waals surface area contributed by atoms with Crippen molar-refractivity contribution < 1.29 is 18.0 Å². The van der Waals surface area contributed by atoms with Crippen molar-refractivity contribution in [1.82, 2.24) is 14.9 Å². The molecule has 0 unspecified atom stereocenters. The van der Waals surface area contributed by atoms with E-state index in [4.69, 9.17) is 11.6 Å². The number of fused-ring (bicyclic) bond motifs is 1. The molecule has 0 saturated carbocycles. The Kier molecular flexibility index (Phi) is 5.15. The van der Waals surface area contributed by atoms with Crippen LogP contribution in [-0.2, 0) is 6.18 Å². The second kappa shape index (κ2) is 7.64. The van der Waals surface area contributed by atoms with Gasteiger partial charge in [0.05, 0.1) is 10.6 Å². The Balaban J connectivity index is 1.49. The van der Waals surface area contributed by atoms with E-state index in [1.54, 1.807) is 29.2 Å². The van der Waals surface area contributed by atoms with E-state index in [1.165, 1.54) is 4.90 Å². The van der Waals surface area contributed by atoms with Gasteiger partial charge in [-0.05, 0) is 23.6 Å². The highest BCUT2D eigenvalue weighted by Gasteiger charge is 2.32. The number of nitrogens with zero attached hydrogens (tertiary/aromatic N) is 3. The number of aromatic amines is 1. The third-order valence-electron chi connectivity index (χ3n) is 5.00. The molecular weight excluding hydrogens is 421 g/mol. The number of rotatable bonds is 2. The van der Waals surface area contributed by atoms with Crippen molar-refractivity contribution in [1.29, 1.82) is 0 Å². The van der Waals surface area contributed by atoms with Crippen LogP contribution in [0.3, 0.4) is 0 Å². The van der Waals surface area contributed by atoms with Crippen LogP contribution in [0.5, 0.6) is 0 Å². The fourth-order valence-corrected chi connectivity index (χ4v) is 3.70. The number of nitrogens with one attached hydrogen (secondary N) is 1. The molecule has 30 heavy (non-hydrogen) atoms. The molecule has 1 aliphatic heterocycles. The molecule has 1 aromatic carbocycles. The van der Waals surface area contributed by atoms with Crippen molar-refractivity contribution >= 4 is 34.2 Å². The van der Waals surface area contributed by atoms with Crippen LogP contribution in [0.2, 0.25) is 5.02 Å². The number of piperazine rings is 1. The van der Waals surface area contributed by atoms with E-state index in [9.17, 15) is 22.8 Å². The van der Waals surface area contributed by atoms with Gasteiger partial charge in [-0.1, -0.05) is 29.8 Å². The molecular formula is C20H16ClF3N4O2. The summed E-state index contributed by atoms with van der Waals surface area (Å²) in [7, 11) is 0. The lowest BCUT2D eigenvalue weighted by Gasteiger charge is -2.35. The number of carbonyl (C=O) groups is 1. The molecule has 156 valence electrons. The molecule has 0 bridgehead atoms. The van der Waals surface area contributed by atoms with Gasteiger partial charge in [0.1, 0.15) is 11.4 Å². The summed E-state index contributed by atoms with van der Waals surface area (Å²) in [5, 5.41) is 0.649. The topological polar surface area (TPSA) is 69.3 Å². The third-order valence-corrected chi connectivity index (χ3v) is 5.28. The maximum absolute atomic E-state index is 12.9. The van der Waals surface area contributed by atoms with Crippen molar-refractivity contribution in [2.75, 3.05) is 31.1 Å². The van der Waals surface area contributed by atoms with E-state index < -0.39 is 23.2 Å². The Morgan fingerprint density at radius 1 is 1.10 bits per heavy atom. The largest absolute Gasteiger partial charge is 0.417 e. The summed E-state index contributed by atoms with van der Waals surface area (Å²) < 4.78 is 38.4. The molecule has 4 rings (SSSR count).